The third-order valence-electron chi connectivity index (χ3n) is 5.07. The van der Waals surface area contributed by atoms with Gasteiger partial charge in [0.1, 0.15) is 0 Å². The molecule has 2 unspecified atom stereocenters. The summed E-state index contributed by atoms with van der Waals surface area (Å²) in [5, 5.41) is 39.0. The second-order valence-electron chi connectivity index (χ2n) is 7.83. The molecule has 0 amide bonds. The maximum absolute atomic E-state index is 11.5. The van der Waals surface area contributed by atoms with Gasteiger partial charge in [-0.25, -0.2) is 9.59 Å². The highest BCUT2D eigenvalue weighted by atomic mass is 35.5. The Balaban J connectivity index is 0.000000697. The van der Waals surface area contributed by atoms with Gasteiger partial charge in [-0.05, 0) is 55.5 Å². The number of nitrogen functional groups attached to an aromatic ring is 1. The number of benzene rings is 2. The molecule has 0 bridgehead atoms. The third-order valence-corrected chi connectivity index (χ3v) is 5.70. The number of halogens is 2. The van der Waals surface area contributed by atoms with Gasteiger partial charge in [-0.3, -0.25) is 4.79 Å². The Morgan fingerprint density at radius 2 is 1.50 bits per heavy atom. The molecule has 0 fully saturated rings. The Morgan fingerprint density at radius 3 is 2.00 bits per heavy atom. The number of nitrogens with two attached hydrogens (primary N) is 1. The predicted octanol–water partition coefficient (Wildman–Crippen LogP) is 4.02. The molecule has 2 aromatic rings. The van der Waals surface area contributed by atoms with E-state index in [9.17, 15) is 24.6 Å². The van der Waals surface area contributed by atoms with E-state index in [0.29, 0.717) is 47.1 Å². The summed E-state index contributed by atoms with van der Waals surface area (Å²) in [4.78, 5) is 30.6. The van der Waals surface area contributed by atoms with Crippen molar-refractivity contribution in [2.45, 2.75) is 31.8 Å². The standard InChI is InChI=1S/C21H26Cl2N2O3.C4H4O4/c22-17-11-16(12-18(23)20(17)24)19(26)13-25-10-9-15(21(27)28)8-4-7-14-5-2-1-3-6-14;5-3(6)1-2-4(7)8/h1-3,5-6,11-12,15,19,25-26H,4,7-10,13,24H2,(H,27,28);1-2H,(H,5,6)(H,7,8). The number of hydrogen-bond acceptors (Lipinski definition) is 6. The smallest absolute Gasteiger partial charge is 0.328 e. The maximum Gasteiger partial charge on any atom is 0.328 e. The summed E-state index contributed by atoms with van der Waals surface area (Å²) in [5.74, 6) is -3.71. The summed E-state index contributed by atoms with van der Waals surface area (Å²) in [7, 11) is 0. The van der Waals surface area contributed by atoms with Gasteiger partial charge in [0.05, 0.1) is 27.8 Å². The number of aryl methyl sites for hydroxylation is 1. The van der Waals surface area contributed by atoms with Crippen LogP contribution < -0.4 is 11.1 Å². The normalized spacial score (nSPS) is 12.4. The van der Waals surface area contributed by atoms with Crippen LogP contribution in [-0.2, 0) is 20.8 Å². The van der Waals surface area contributed by atoms with Crippen LogP contribution in [0.15, 0.2) is 54.6 Å². The molecule has 0 aliphatic rings. The summed E-state index contributed by atoms with van der Waals surface area (Å²) < 4.78 is 0. The highest BCUT2D eigenvalue weighted by molar-refractivity contribution is 6.38. The number of carbonyl (C=O) groups is 3. The lowest BCUT2D eigenvalue weighted by Gasteiger charge is -2.16. The topological polar surface area (TPSA) is 170 Å². The first kappa shape index (κ1) is 30.9. The molecule has 11 heteroatoms. The Labute approximate surface area is 219 Å². The van der Waals surface area contributed by atoms with Gasteiger partial charge in [0.15, 0.2) is 0 Å². The number of rotatable bonds is 13. The first-order chi connectivity index (χ1) is 17.0. The minimum Gasteiger partial charge on any atom is -0.481 e. The summed E-state index contributed by atoms with van der Waals surface area (Å²) in [6, 6.07) is 13.2. The Hall–Kier alpha value is -3.11. The second kappa shape index (κ2) is 16.5. The fourth-order valence-corrected chi connectivity index (χ4v) is 3.66. The van der Waals surface area contributed by atoms with E-state index in [4.69, 9.17) is 39.1 Å². The van der Waals surface area contributed by atoms with Gasteiger partial charge in [-0.2, -0.15) is 0 Å². The van der Waals surface area contributed by atoms with E-state index < -0.39 is 29.9 Å². The van der Waals surface area contributed by atoms with E-state index in [-0.39, 0.29) is 12.2 Å². The van der Waals surface area contributed by atoms with Crippen molar-refractivity contribution in [1.29, 1.82) is 0 Å². The fourth-order valence-electron chi connectivity index (χ4n) is 3.16. The Kier molecular flexibility index (Phi) is 14.2. The molecule has 2 aromatic carbocycles. The minimum absolute atomic E-state index is 0.271. The molecule has 0 saturated heterocycles. The van der Waals surface area contributed by atoms with Crippen molar-refractivity contribution in [1.82, 2.24) is 5.32 Å². The molecule has 0 aliphatic carbocycles. The average molecular weight is 541 g/mol. The van der Waals surface area contributed by atoms with E-state index in [1.807, 2.05) is 18.2 Å². The van der Waals surface area contributed by atoms with Crippen molar-refractivity contribution in [2.24, 2.45) is 5.92 Å². The lowest BCUT2D eigenvalue weighted by Crippen LogP contribution is -2.26. The zero-order valence-electron chi connectivity index (χ0n) is 19.4. The molecule has 2 rings (SSSR count). The van der Waals surface area contributed by atoms with E-state index >= 15 is 0 Å². The molecule has 9 nitrogen and oxygen atoms in total. The van der Waals surface area contributed by atoms with Crippen LogP contribution in [-0.4, -0.2) is 51.4 Å². The Bertz CT molecular complexity index is 993. The monoisotopic (exact) mass is 540 g/mol. The van der Waals surface area contributed by atoms with Crippen molar-refractivity contribution in [3.05, 3.63) is 75.8 Å². The molecular formula is C25H30Cl2N2O7. The van der Waals surface area contributed by atoms with Gasteiger partial charge in [-0.15, -0.1) is 0 Å². The number of aliphatic hydroxyl groups excluding tert-OH is 1. The van der Waals surface area contributed by atoms with Crippen LogP contribution in [0.4, 0.5) is 5.69 Å². The third kappa shape index (κ3) is 12.6. The lowest BCUT2D eigenvalue weighted by atomic mass is 9.96. The van der Waals surface area contributed by atoms with E-state index in [1.54, 1.807) is 12.1 Å². The summed E-state index contributed by atoms with van der Waals surface area (Å²) in [6.45, 7) is 0.767. The minimum atomic E-state index is -1.26. The maximum atomic E-state index is 11.5. The van der Waals surface area contributed by atoms with Crippen molar-refractivity contribution in [3.63, 3.8) is 0 Å². The zero-order valence-corrected chi connectivity index (χ0v) is 21.0. The molecular weight excluding hydrogens is 511 g/mol. The van der Waals surface area contributed by atoms with E-state index in [2.05, 4.69) is 17.4 Å². The van der Waals surface area contributed by atoms with E-state index in [0.717, 1.165) is 12.8 Å². The average Bonchev–Trinajstić information content (AvgIpc) is 2.83. The molecule has 36 heavy (non-hydrogen) atoms. The van der Waals surface area contributed by atoms with Gasteiger partial charge >= 0.3 is 17.9 Å². The van der Waals surface area contributed by atoms with Gasteiger partial charge in [0.25, 0.3) is 0 Å². The second-order valence-corrected chi connectivity index (χ2v) is 8.64. The molecule has 0 aliphatic heterocycles. The van der Waals surface area contributed by atoms with Gasteiger partial charge < -0.3 is 31.5 Å². The summed E-state index contributed by atoms with van der Waals surface area (Å²) >= 11 is 12.0. The number of carboxylic acids is 3. The van der Waals surface area contributed by atoms with Crippen molar-refractivity contribution < 1.29 is 34.8 Å². The zero-order chi connectivity index (χ0) is 27.1. The molecule has 0 radical (unpaired) electrons. The van der Waals surface area contributed by atoms with Crippen LogP contribution in [0.25, 0.3) is 0 Å². The predicted molar refractivity (Wildman–Crippen MR) is 138 cm³/mol. The first-order valence-electron chi connectivity index (χ1n) is 11.0. The highest BCUT2D eigenvalue weighted by Gasteiger charge is 2.17. The quantitative estimate of drug-likeness (QED) is 0.125. The van der Waals surface area contributed by atoms with Crippen molar-refractivity contribution >= 4 is 46.8 Å². The molecule has 2 atom stereocenters. The highest BCUT2D eigenvalue weighted by Crippen LogP contribution is 2.31. The van der Waals surface area contributed by atoms with Crippen LogP contribution in [0.2, 0.25) is 10.0 Å². The van der Waals surface area contributed by atoms with Crippen molar-refractivity contribution in [2.75, 3.05) is 18.8 Å². The van der Waals surface area contributed by atoms with Crippen LogP contribution >= 0.6 is 23.2 Å². The molecule has 0 spiro atoms. The molecule has 0 heterocycles. The summed E-state index contributed by atoms with van der Waals surface area (Å²) in [6.07, 6.45) is 3.13. The van der Waals surface area contributed by atoms with E-state index in [1.165, 1.54) is 5.56 Å². The number of aliphatic hydroxyl groups is 1. The largest absolute Gasteiger partial charge is 0.481 e. The number of nitrogens with one attached hydrogen (secondary N) is 1. The SMILES string of the molecule is Nc1c(Cl)cc(C(O)CNCCC(CCCc2ccccc2)C(=O)O)cc1Cl.O=C(O)C=CC(=O)O. The van der Waals surface area contributed by atoms with Crippen LogP contribution in [0, 0.1) is 5.92 Å². The van der Waals surface area contributed by atoms with Gasteiger partial charge in [0, 0.05) is 18.7 Å². The lowest BCUT2D eigenvalue weighted by molar-refractivity contribution is -0.142. The fraction of sp³-hybridized carbons (Fsp3) is 0.320. The van der Waals surface area contributed by atoms with Crippen LogP contribution in [0.5, 0.6) is 0 Å². The van der Waals surface area contributed by atoms with Crippen LogP contribution in [0.3, 0.4) is 0 Å². The molecule has 0 aromatic heterocycles. The number of carboxylic acid groups (broad SMARTS) is 3. The summed E-state index contributed by atoms with van der Waals surface area (Å²) in [5.41, 5.74) is 7.76. The molecule has 7 N–H and O–H groups in total. The number of hydrogen-bond donors (Lipinski definition) is 6. The first-order valence-corrected chi connectivity index (χ1v) is 11.8. The molecule has 0 saturated carbocycles. The number of anilines is 1. The van der Waals surface area contributed by atoms with Gasteiger partial charge in [0.2, 0.25) is 0 Å². The van der Waals surface area contributed by atoms with Crippen LogP contribution in [0.1, 0.15) is 36.5 Å². The van der Waals surface area contributed by atoms with Crippen molar-refractivity contribution in [3.8, 4) is 0 Å². The molecule has 196 valence electrons. The Morgan fingerprint density at radius 1 is 0.944 bits per heavy atom. The van der Waals surface area contributed by atoms with Gasteiger partial charge in [-0.1, -0.05) is 53.5 Å². The number of aliphatic carboxylic acids is 3.